The van der Waals surface area contributed by atoms with Crippen LogP contribution < -0.4 is 5.32 Å². The Morgan fingerprint density at radius 2 is 2.25 bits per heavy atom. The van der Waals surface area contributed by atoms with Crippen LogP contribution in [0.5, 0.6) is 0 Å². The Morgan fingerprint density at radius 3 is 3.05 bits per heavy atom. The lowest BCUT2D eigenvalue weighted by Crippen LogP contribution is -2.33. The molecule has 0 aliphatic carbocycles. The summed E-state index contributed by atoms with van der Waals surface area (Å²) in [5.41, 5.74) is 1.64. The Kier molecular flexibility index (Phi) is 5.71. The number of anilines is 1. The van der Waals surface area contributed by atoms with E-state index in [1.807, 2.05) is 35.7 Å². The number of carbonyl (C=O) groups is 1. The van der Waals surface area contributed by atoms with Crippen LogP contribution in [0.4, 0.5) is 5.82 Å². The number of nitrogens with one attached hydrogen (secondary N) is 1. The van der Waals surface area contributed by atoms with Crippen LogP contribution >= 0.6 is 11.8 Å². The topological polar surface area (TPSA) is 45.2 Å². The van der Waals surface area contributed by atoms with E-state index in [0.717, 1.165) is 61.1 Å². The maximum atomic E-state index is 12.6. The second kappa shape index (κ2) is 7.53. The van der Waals surface area contributed by atoms with Crippen molar-refractivity contribution in [1.29, 1.82) is 0 Å². The Morgan fingerprint density at radius 1 is 1.40 bits per heavy atom. The van der Waals surface area contributed by atoms with Gasteiger partial charge in [0.15, 0.2) is 0 Å². The Labute approximate surface area is 125 Å². The van der Waals surface area contributed by atoms with Crippen LogP contribution in [0.3, 0.4) is 0 Å². The monoisotopic (exact) mass is 293 g/mol. The number of aryl methyl sites for hydroxylation is 1. The van der Waals surface area contributed by atoms with Gasteiger partial charge in [0.05, 0.1) is 0 Å². The number of thioether (sulfide) groups is 1. The highest BCUT2D eigenvalue weighted by atomic mass is 32.2. The zero-order valence-corrected chi connectivity index (χ0v) is 13.1. The molecule has 5 heteroatoms. The van der Waals surface area contributed by atoms with E-state index in [1.54, 1.807) is 0 Å². The third-order valence-corrected chi connectivity index (χ3v) is 4.31. The van der Waals surface area contributed by atoms with E-state index in [0.29, 0.717) is 0 Å². The van der Waals surface area contributed by atoms with Crippen LogP contribution in [0, 0.1) is 6.92 Å². The molecule has 1 aromatic rings. The molecule has 0 saturated carbocycles. The number of carbonyl (C=O) groups excluding carboxylic acids is 1. The van der Waals surface area contributed by atoms with Crippen molar-refractivity contribution in [2.75, 3.05) is 36.5 Å². The van der Waals surface area contributed by atoms with Crippen LogP contribution in [-0.2, 0) is 0 Å². The van der Waals surface area contributed by atoms with Gasteiger partial charge < -0.3 is 10.2 Å². The van der Waals surface area contributed by atoms with Gasteiger partial charge in [0.1, 0.15) is 5.82 Å². The molecular weight excluding hydrogens is 270 g/mol. The summed E-state index contributed by atoms with van der Waals surface area (Å²) in [5.74, 6) is 3.14. The quantitative estimate of drug-likeness (QED) is 0.927. The minimum absolute atomic E-state index is 0.137. The number of hydrogen-bond acceptors (Lipinski definition) is 4. The highest BCUT2D eigenvalue weighted by Gasteiger charge is 2.18. The molecule has 1 aliphatic rings. The van der Waals surface area contributed by atoms with Gasteiger partial charge in [-0.05, 0) is 37.7 Å². The maximum absolute atomic E-state index is 12.6. The second-order valence-corrected chi connectivity index (χ2v) is 6.29. The highest BCUT2D eigenvalue weighted by Crippen LogP contribution is 2.16. The molecular formula is C15H23N3OS. The van der Waals surface area contributed by atoms with E-state index >= 15 is 0 Å². The van der Waals surface area contributed by atoms with Crippen molar-refractivity contribution < 1.29 is 4.79 Å². The molecule has 0 bridgehead atoms. The summed E-state index contributed by atoms with van der Waals surface area (Å²) in [6.45, 7) is 6.65. The molecule has 4 nitrogen and oxygen atoms in total. The van der Waals surface area contributed by atoms with Crippen molar-refractivity contribution in [3.8, 4) is 0 Å². The average molecular weight is 293 g/mol. The zero-order valence-electron chi connectivity index (χ0n) is 12.3. The van der Waals surface area contributed by atoms with Crippen LogP contribution in [0.15, 0.2) is 12.1 Å². The van der Waals surface area contributed by atoms with Crippen LogP contribution in [0.25, 0.3) is 0 Å². The number of hydrogen-bond donors (Lipinski definition) is 1. The summed E-state index contributed by atoms with van der Waals surface area (Å²) in [6.07, 6.45) is 2.13. The Hall–Kier alpha value is -1.23. The fourth-order valence-corrected chi connectivity index (χ4v) is 3.15. The third-order valence-electron chi connectivity index (χ3n) is 3.27. The first-order chi connectivity index (χ1) is 9.70. The minimum Gasteiger partial charge on any atom is -0.370 e. The average Bonchev–Trinajstić information content (AvgIpc) is 2.72. The van der Waals surface area contributed by atoms with Gasteiger partial charge >= 0.3 is 0 Å². The van der Waals surface area contributed by atoms with E-state index in [9.17, 15) is 4.79 Å². The largest absolute Gasteiger partial charge is 0.370 e. The van der Waals surface area contributed by atoms with Crippen LogP contribution in [0.1, 0.15) is 35.8 Å². The third kappa shape index (κ3) is 4.13. The Balaban J connectivity index is 2.13. The number of nitrogens with zero attached hydrogens (tertiary/aromatic N) is 2. The standard InChI is InChI=1S/C15H23N3OS/c1-3-5-16-14-11-13(10-12(2)17-14)15(19)18-6-4-8-20-9-7-18/h10-11H,3-9H2,1-2H3,(H,16,17). The van der Waals surface area contributed by atoms with E-state index in [2.05, 4.69) is 17.2 Å². The summed E-state index contributed by atoms with van der Waals surface area (Å²) in [7, 11) is 0. The van der Waals surface area contributed by atoms with E-state index in [-0.39, 0.29) is 5.91 Å². The van der Waals surface area contributed by atoms with E-state index < -0.39 is 0 Å². The number of amides is 1. The number of aromatic nitrogens is 1. The summed E-state index contributed by atoms with van der Waals surface area (Å²) in [6, 6.07) is 3.76. The lowest BCUT2D eigenvalue weighted by Gasteiger charge is -2.20. The first-order valence-corrected chi connectivity index (χ1v) is 8.45. The highest BCUT2D eigenvalue weighted by molar-refractivity contribution is 7.99. The van der Waals surface area contributed by atoms with Gasteiger partial charge in [0.25, 0.3) is 5.91 Å². The molecule has 2 rings (SSSR count). The summed E-state index contributed by atoms with van der Waals surface area (Å²) in [5, 5.41) is 3.26. The smallest absolute Gasteiger partial charge is 0.254 e. The predicted octanol–water partition coefficient (Wildman–Crippen LogP) is 2.79. The SMILES string of the molecule is CCCNc1cc(C(=O)N2CCCSCC2)cc(C)n1. The predicted molar refractivity (Wildman–Crippen MR) is 85.6 cm³/mol. The van der Waals surface area contributed by atoms with Crippen molar-refractivity contribution in [2.24, 2.45) is 0 Å². The molecule has 0 spiro atoms. The molecule has 0 atom stereocenters. The summed E-state index contributed by atoms with van der Waals surface area (Å²) < 4.78 is 0. The van der Waals surface area contributed by atoms with Crippen LogP contribution in [-0.4, -0.2) is 46.9 Å². The van der Waals surface area contributed by atoms with Gasteiger partial charge in [-0.25, -0.2) is 4.98 Å². The second-order valence-electron chi connectivity index (χ2n) is 5.07. The minimum atomic E-state index is 0.137. The van der Waals surface area contributed by atoms with Crippen LogP contribution in [0.2, 0.25) is 0 Å². The van der Waals surface area contributed by atoms with Crippen molar-refractivity contribution in [3.63, 3.8) is 0 Å². The van der Waals surface area contributed by atoms with Crippen molar-refractivity contribution in [2.45, 2.75) is 26.7 Å². The molecule has 1 aromatic heterocycles. The first-order valence-electron chi connectivity index (χ1n) is 7.30. The molecule has 0 radical (unpaired) electrons. The van der Waals surface area contributed by atoms with Crippen molar-refractivity contribution >= 4 is 23.5 Å². The van der Waals surface area contributed by atoms with Crippen molar-refractivity contribution in [1.82, 2.24) is 9.88 Å². The summed E-state index contributed by atoms with van der Waals surface area (Å²) >= 11 is 1.93. The van der Waals surface area contributed by atoms with Gasteiger partial charge in [-0.1, -0.05) is 6.92 Å². The number of rotatable bonds is 4. The van der Waals surface area contributed by atoms with Gasteiger partial charge in [0, 0.05) is 36.6 Å². The lowest BCUT2D eigenvalue weighted by molar-refractivity contribution is 0.0768. The fraction of sp³-hybridized carbons (Fsp3) is 0.600. The molecule has 2 heterocycles. The molecule has 1 fully saturated rings. The maximum Gasteiger partial charge on any atom is 0.254 e. The van der Waals surface area contributed by atoms with Gasteiger partial charge in [0.2, 0.25) is 0 Å². The molecule has 0 aromatic carbocycles. The van der Waals surface area contributed by atoms with Gasteiger partial charge in [-0.3, -0.25) is 4.79 Å². The molecule has 0 unspecified atom stereocenters. The lowest BCUT2D eigenvalue weighted by atomic mass is 10.2. The fourth-order valence-electron chi connectivity index (χ4n) is 2.27. The first kappa shape index (κ1) is 15.2. The molecule has 110 valence electrons. The molecule has 1 saturated heterocycles. The van der Waals surface area contributed by atoms with Crippen molar-refractivity contribution in [3.05, 3.63) is 23.4 Å². The molecule has 1 aliphatic heterocycles. The molecule has 1 N–H and O–H groups in total. The summed E-state index contributed by atoms with van der Waals surface area (Å²) in [4.78, 5) is 19.0. The van der Waals surface area contributed by atoms with E-state index in [1.165, 1.54) is 0 Å². The van der Waals surface area contributed by atoms with E-state index in [4.69, 9.17) is 0 Å². The van der Waals surface area contributed by atoms with Gasteiger partial charge in [-0.2, -0.15) is 11.8 Å². The Bertz CT molecular complexity index is 456. The molecule has 1 amide bonds. The normalized spacial score (nSPS) is 15.8. The van der Waals surface area contributed by atoms with Gasteiger partial charge in [-0.15, -0.1) is 0 Å². The molecule has 20 heavy (non-hydrogen) atoms. The number of pyridine rings is 1. The zero-order chi connectivity index (χ0) is 14.4.